The molecule has 1 aliphatic heterocycles. The van der Waals surface area contributed by atoms with Crippen molar-refractivity contribution >= 4 is 59.5 Å². The maximum atomic E-state index is 11.4. The van der Waals surface area contributed by atoms with Crippen molar-refractivity contribution in [3.8, 4) is 0 Å². The highest BCUT2D eigenvalue weighted by molar-refractivity contribution is 8.40. The lowest BCUT2D eigenvalue weighted by molar-refractivity contribution is 0.599. The van der Waals surface area contributed by atoms with Gasteiger partial charge < -0.3 is 0 Å². The van der Waals surface area contributed by atoms with Gasteiger partial charge in [-0.2, -0.15) is 0 Å². The Kier molecular flexibility index (Phi) is 3.35. The van der Waals surface area contributed by atoms with E-state index in [1.807, 2.05) is 24.3 Å². The number of aromatic nitrogens is 1. The molecule has 1 aromatic carbocycles. The molecule has 0 N–H and O–H groups in total. The van der Waals surface area contributed by atoms with Crippen molar-refractivity contribution in [2.45, 2.75) is 4.34 Å². The first-order chi connectivity index (χ1) is 8.62. The van der Waals surface area contributed by atoms with Crippen molar-refractivity contribution in [2.24, 2.45) is 4.40 Å². The van der Waals surface area contributed by atoms with E-state index in [0.29, 0.717) is 10.1 Å². The van der Waals surface area contributed by atoms with Gasteiger partial charge in [-0.25, -0.2) is 13.4 Å². The molecule has 0 unspecified atom stereocenters. The number of thiazole rings is 1. The summed E-state index contributed by atoms with van der Waals surface area (Å²) in [6.45, 7) is 0. The lowest BCUT2D eigenvalue weighted by Crippen LogP contribution is -2.12. The van der Waals surface area contributed by atoms with Crippen LogP contribution < -0.4 is 0 Å². The summed E-state index contributed by atoms with van der Waals surface area (Å²) in [7, 11) is -3.26. The van der Waals surface area contributed by atoms with E-state index >= 15 is 0 Å². The van der Waals surface area contributed by atoms with Crippen LogP contribution in [0.15, 0.2) is 33.0 Å². The highest BCUT2D eigenvalue weighted by Gasteiger charge is 2.19. The molecule has 2 aromatic rings. The van der Waals surface area contributed by atoms with Gasteiger partial charge in [-0.3, -0.25) is 0 Å². The molecule has 0 saturated heterocycles. The van der Waals surface area contributed by atoms with Gasteiger partial charge in [0.1, 0.15) is 4.38 Å². The molecule has 0 spiro atoms. The minimum Gasteiger partial charge on any atom is -0.229 e. The Morgan fingerprint density at radius 2 is 2.11 bits per heavy atom. The first-order valence-corrected chi connectivity index (χ1v) is 9.34. The van der Waals surface area contributed by atoms with E-state index in [9.17, 15) is 8.42 Å². The van der Waals surface area contributed by atoms with Gasteiger partial charge in [0.05, 0.1) is 16.0 Å². The smallest absolute Gasteiger partial charge is 0.229 e. The Morgan fingerprint density at radius 3 is 2.89 bits per heavy atom. The zero-order valence-corrected chi connectivity index (χ0v) is 12.3. The van der Waals surface area contributed by atoms with E-state index in [4.69, 9.17) is 0 Å². The van der Waals surface area contributed by atoms with Gasteiger partial charge in [0.15, 0.2) is 4.34 Å². The second-order valence-electron chi connectivity index (χ2n) is 3.54. The Balaban J connectivity index is 1.90. The molecule has 0 bridgehead atoms. The van der Waals surface area contributed by atoms with Crippen LogP contribution in [0.1, 0.15) is 0 Å². The van der Waals surface area contributed by atoms with Gasteiger partial charge in [-0.15, -0.1) is 15.7 Å². The van der Waals surface area contributed by atoms with Crippen LogP contribution >= 0.6 is 34.9 Å². The van der Waals surface area contributed by atoms with Crippen molar-refractivity contribution in [2.75, 3.05) is 11.5 Å². The average molecular weight is 316 g/mol. The summed E-state index contributed by atoms with van der Waals surface area (Å²) in [6.07, 6.45) is 0. The number of hydrogen-bond donors (Lipinski definition) is 0. The van der Waals surface area contributed by atoms with Gasteiger partial charge in [-0.05, 0) is 23.9 Å². The van der Waals surface area contributed by atoms with Crippen LogP contribution in [0.2, 0.25) is 0 Å². The standard InChI is InChI=1S/C10H8N2O2S4/c13-18(14)6-5-15-10(12-18)17-9-11-7-3-1-2-4-8(7)16-9/h1-4H,5-6H2. The normalized spacial score (nSPS) is 18.8. The van der Waals surface area contributed by atoms with E-state index in [1.165, 1.54) is 23.5 Å². The number of thioether (sulfide) groups is 2. The van der Waals surface area contributed by atoms with E-state index in [-0.39, 0.29) is 5.75 Å². The Hall–Kier alpha value is -0.570. The van der Waals surface area contributed by atoms with Crippen LogP contribution in [0, 0.1) is 0 Å². The fourth-order valence-corrected chi connectivity index (χ4v) is 6.69. The maximum absolute atomic E-state index is 11.4. The lowest BCUT2D eigenvalue weighted by Gasteiger charge is -2.08. The average Bonchev–Trinajstić information content (AvgIpc) is 2.69. The van der Waals surface area contributed by atoms with Crippen LogP contribution in [-0.4, -0.2) is 29.3 Å². The first kappa shape index (κ1) is 12.5. The van der Waals surface area contributed by atoms with Crippen molar-refractivity contribution < 1.29 is 8.42 Å². The number of hydrogen-bond acceptors (Lipinski definition) is 6. The number of benzene rings is 1. The molecule has 0 aliphatic carbocycles. The minimum atomic E-state index is -3.26. The van der Waals surface area contributed by atoms with E-state index < -0.39 is 10.0 Å². The lowest BCUT2D eigenvalue weighted by atomic mass is 10.3. The summed E-state index contributed by atoms with van der Waals surface area (Å²) < 4.78 is 29.0. The van der Waals surface area contributed by atoms with E-state index in [1.54, 1.807) is 11.3 Å². The van der Waals surface area contributed by atoms with Crippen LogP contribution in [0.25, 0.3) is 10.2 Å². The molecule has 1 aromatic heterocycles. The van der Waals surface area contributed by atoms with Crippen molar-refractivity contribution in [3.63, 3.8) is 0 Å². The largest absolute Gasteiger partial charge is 0.255 e. The van der Waals surface area contributed by atoms with Gasteiger partial charge in [0.25, 0.3) is 10.0 Å². The van der Waals surface area contributed by atoms with Gasteiger partial charge in [0, 0.05) is 5.75 Å². The summed E-state index contributed by atoms with van der Waals surface area (Å²) in [5, 5.41) is 0. The van der Waals surface area contributed by atoms with Gasteiger partial charge in [0.2, 0.25) is 0 Å². The van der Waals surface area contributed by atoms with Crippen LogP contribution in [0.5, 0.6) is 0 Å². The zero-order chi connectivity index (χ0) is 12.6. The second kappa shape index (κ2) is 4.84. The second-order valence-corrected chi connectivity index (χ2v) is 8.90. The van der Waals surface area contributed by atoms with Crippen molar-refractivity contribution in [1.29, 1.82) is 0 Å². The third-order valence-corrected chi connectivity index (χ3v) is 7.11. The SMILES string of the molecule is O=S1(=O)CCSC(Sc2nc3ccccc3s2)=N1. The highest BCUT2D eigenvalue weighted by Crippen LogP contribution is 2.34. The molecule has 0 radical (unpaired) electrons. The Bertz CT molecular complexity index is 687. The predicted octanol–water partition coefficient (Wildman–Crippen LogP) is 2.82. The number of nitrogens with zero attached hydrogens (tertiary/aromatic N) is 2. The molecule has 2 heterocycles. The fourth-order valence-electron chi connectivity index (χ4n) is 1.44. The Labute approximate surface area is 117 Å². The van der Waals surface area contributed by atoms with Gasteiger partial charge in [-0.1, -0.05) is 23.9 Å². The molecule has 8 heteroatoms. The topological polar surface area (TPSA) is 59.4 Å². The molecular weight excluding hydrogens is 308 g/mol. The Morgan fingerprint density at radius 1 is 1.28 bits per heavy atom. The first-order valence-electron chi connectivity index (χ1n) is 5.11. The summed E-state index contributed by atoms with van der Waals surface area (Å²) in [5.74, 6) is 0.695. The highest BCUT2D eigenvalue weighted by atomic mass is 32.2. The molecule has 0 fully saturated rings. The summed E-state index contributed by atoms with van der Waals surface area (Å²) in [4.78, 5) is 4.45. The van der Waals surface area contributed by atoms with E-state index in [2.05, 4.69) is 9.38 Å². The van der Waals surface area contributed by atoms with E-state index in [0.717, 1.165) is 14.6 Å². The molecule has 0 saturated carbocycles. The monoisotopic (exact) mass is 316 g/mol. The predicted molar refractivity (Wildman–Crippen MR) is 79.2 cm³/mol. The van der Waals surface area contributed by atoms with Crippen LogP contribution in [0.4, 0.5) is 0 Å². The van der Waals surface area contributed by atoms with Gasteiger partial charge >= 0.3 is 0 Å². The summed E-state index contributed by atoms with van der Waals surface area (Å²) >= 11 is 4.36. The number of fused-ring (bicyclic) bond motifs is 1. The molecule has 0 amide bonds. The molecule has 94 valence electrons. The van der Waals surface area contributed by atoms with Crippen molar-refractivity contribution in [1.82, 2.24) is 4.98 Å². The molecular formula is C10H8N2O2S4. The zero-order valence-electron chi connectivity index (χ0n) is 9.07. The third kappa shape index (κ3) is 2.71. The number of sulfonamides is 1. The van der Waals surface area contributed by atoms with Crippen LogP contribution in [0.3, 0.4) is 0 Å². The molecule has 18 heavy (non-hydrogen) atoms. The quantitative estimate of drug-likeness (QED) is 0.809. The summed E-state index contributed by atoms with van der Waals surface area (Å²) in [6, 6.07) is 7.85. The molecule has 3 rings (SSSR count). The minimum absolute atomic E-state index is 0.127. The third-order valence-electron chi connectivity index (χ3n) is 2.23. The van der Waals surface area contributed by atoms with Crippen LogP contribution in [-0.2, 0) is 10.0 Å². The van der Waals surface area contributed by atoms with Crippen molar-refractivity contribution in [3.05, 3.63) is 24.3 Å². The number of para-hydroxylation sites is 1. The number of rotatable bonds is 1. The summed E-state index contributed by atoms with van der Waals surface area (Å²) in [5.41, 5.74) is 0.939. The molecule has 0 atom stereocenters. The maximum Gasteiger partial charge on any atom is 0.255 e. The molecule has 1 aliphatic rings. The fraction of sp³-hybridized carbons (Fsp3) is 0.200. The molecule has 4 nitrogen and oxygen atoms in total.